The zero-order valence-electron chi connectivity index (χ0n) is 10.7. The maximum absolute atomic E-state index is 10.6. The van der Waals surface area contributed by atoms with Crippen LogP contribution >= 0.6 is 0 Å². The molecule has 0 bridgehead atoms. The smallest absolute Gasteiger partial charge is 0.287 e. The summed E-state index contributed by atoms with van der Waals surface area (Å²) in [5, 5.41) is 13.9. The summed E-state index contributed by atoms with van der Waals surface area (Å²) in [4.78, 5) is 18.3. The Balaban J connectivity index is 2.18. The Morgan fingerprint density at radius 3 is 2.79 bits per heavy atom. The van der Waals surface area contributed by atoms with Crippen LogP contribution in [0.2, 0.25) is 0 Å². The van der Waals surface area contributed by atoms with Crippen molar-refractivity contribution in [3.8, 4) is 0 Å². The average Bonchev–Trinajstić information content (AvgIpc) is 2.41. The molecule has 1 unspecified atom stereocenters. The summed E-state index contributed by atoms with van der Waals surface area (Å²) >= 11 is 0. The maximum Gasteiger partial charge on any atom is 0.287 e. The van der Waals surface area contributed by atoms with Gasteiger partial charge in [-0.05, 0) is 31.0 Å². The van der Waals surface area contributed by atoms with E-state index in [2.05, 4.69) is 15.3 Å². The monoisotopic (exact) mass is 258 g/mol. The van der Waals surface area contributed by atoms with Crippen molar-refractivity contribution in [1.82, 2.24) is 9.97 Å². The van der Waals surface area contributed by atoms with Crippen LogP contribution in [0.25, 0.3) is 0 Å². The summed E-state index contributed by atoms with van der Waals surface area (Å²) in [6.07, 6.45) is 4.75. The largest absolute Gasteiger partial charge is 0.363 e. The van der Waals surface area contributed by atoms with Crippen molar-refractivity contribution < 1.29 is 4.92 Å². The Labute approximate surface area is 110 Å². The van der Waals surface area contributed by atoms with Crippen molar-refractivity contribution in [1.29, 1.82) is 0 Å². The van der Waals surface area contributed by atoms with Gasteiger partial charge < -0.3 is 5.32 Å². The fraction of sp³-hybridized carbons (Fsp3) is 0.231. The van der Waals surface area contributed by atoms with E-state index in [0.717, 1.165) is 11.1 Å². The van der Waals surface area contributed by atoms with Crippen LogP contribution in [-0.2, 0) is 0 Å². The number of hydrogen-bond donors (Lipinski definition) is 1. The van der Waals surface area contributed by atoms with Gasteiger partial charge in [-0.15, -0.1) is 0 Å². The quantitative estimate of drug-likeness (QED) is 0.673. The standard InChI is InChI=1S/C13H14N4O2/c1-9-6-12(17(18)19)8-15-13(9)16-10(2)11-4-3-5-14-7-11/h3-8,10H,1-2H3,(H,15,16). The molecule has 6 nitrogen and oxygen atoms in total. The Kier molecular flexibility index (Phi) is 3.70. The van der Waals surface area contributed by atoms with Gasteiger partial charge in [-0.1, -0.05) is 6.07 Å². The number of pyridine rings is 2. The molecule has 0 aromatic carbocycles. The van der Waals surface area contributed by atoms with Gasteiger partial charge in [0, 0.05) is 18.5 Å². The molecule has 6 heteroatoms. The Hall–Kier alpha value is -2.50. The molecule has 0 saturated carbocycles. The molecule has 2 heterocycles. The summed E-state index contributed by atoms with van der Waals surface area (Å²) in [6.45, 7) is 3.78. The number of nitrogens with zero attached hydrogens (tertiary/aromatic N) is 3. The minimum Gasteiger partial charge on any atom is -0.363 e. The SMILES string of the molecule is Cc1cc([N+](=O)[O-])cnc1NC(C)c1cccnc1. The zero-order chi connectivity index (χ0) is 13.8. The molecule has 0 fully saturated rings. The first kappa shape index (κ1) is 12.9. The van der Waals surface area contributed by atoms with Crippen LogP contribution in [0.3, 0.4) is 0 Å². The molecular weight excluding hydrogens is 244 g/mol. The molecule has 2 aromatic rings. The molecule has 98 valence electrons. The normalized spacial score (nSPS) is 11.9. The van der Waals surface area contributed by atoms with E-state index in [1.54, 1.807) is 19.3 Å². The van der Waals surface area contributed by atoms with Gasteiger partial charge >= 0.3 is 0 Å². The molecule has 0 aliphatic rings. The Bertz CT molecular complexity index is 586. The number of rotatable bonds is 4. The van der Waals surface area contributed by atoms with Gasteiger partial charge in [-0.3, -0.25) is 15.1 Å². The van der Waals surface area contributed by atoms with Gasteiger partial charge in [0.25, 0.3) is 5.69 Å². The van der Waals surface area contributed by atoms with Crippen molar-refractivity contribution in [3.05, 3.63) is 58.0 Å². The van der Waals surface area contributed by atoms with E-state index in [0.29, 0.717) is 5.82 Å². The van der Waals surface area contributed by atoms with Gasteiger partial charge in [-0.2, -0.15) is 0 Å². The van der Waals surface area contributed by atoms with E-state index < -0.39 is 4.92 Å². The van der Waals surface area contributed by atoms with E-state index in [1.807, 2.05) is 19.1 Å². The fourth-order valence-corrected chi connectivity index (χ4v) is 1.73. The van der Waals surface area contributed by atoms with Crippen LogP contribution in [0.1, 0.15) is 24.1 Å². The highest BCUT2D eigenvalue weighted by molar-refractivity contribution is 5.49. The highest BCUT2D eigenvalue weighted by atomic mass is 16.6. The van der Waals surface area contributed by atoms with Crippen LogP contribution < -0.4 is 5.32 Å². The summed E-state index contributed by atoms with van der Waals surface area (Å²) in [5.41, 5.74) is 1.77. The molecule has 2 aromatic heterocycles. The van der Waals surface area contributed by atoms with E-state index in [4.69, 9.17) is 0 Å². The lowest BCUT2D eigenvalue weighted by atomic mass is 10.1. The third kappa shape index (κ3) is 3.04. The van der Waals surface area contributed by atoms with Gasteiger partial charge in [0.1, 0.15) is 12.0 Å². The van der Waals surface area contributed by atoms with Crippen LogP contribution in [0.15, 0.2) is 36.8 Å². The van der Waals surface area contributed by atoms with Crippen molar-refractivity contribution in [2.75, 3.05) is 5.32 Å². The first-order chi connectivity index (χ1) is 9.08. The number of nitrogens with one attached hydrogen (secondary N) is 1. The van der Waals surface area contributed by atoms with E-state index in [-0.39, 0.29) is 11.7 Å². The number of hydrogen-bond acceptors (Lipinski definition) is 5. The molecule has 0 saturated heterocycles. The van der Waals surface area contributed by atoms with Gasteiger partial charge in [0.2, 0.25) is 0 Å². The maximum atomic E-state index is 10.6. The first-order valence-electron chi connectivity index (χ1n) is 5.85. The summed E-state index contributed by atoms with van der Waals surface area (Å²) < 4.78 is 0. The minimum absolute atomic E-state index is 0.00270. The van der Waals surface area contributed by atoms with Gasteiger partial charge in [0.05, 0.1) is 11.0 Å². The summed E-state index contributed by atoms with van der Waals surface area (Å²) in [5.74, 6) is 0.641. The van der Waals surface area contributed by atoms with Crippen LogP contribution in [0.5, 0.6) is 0 Å². The zero-order valence-corrected chi connectivity index (χ0v) is 10.7. The van der Waals surface area contributed by atoms with Crippen LogP contribution in [0, 0.1) is 17.0 Å². The third-order valence-corrected chi connectivity index (χ3v) is 2.81. The molecule has 2 rings (SSSR count). The fourth-order valence-electron chi connectivity index (χ4n) is 1.73. The lowest BCUT2D eigenvalue weighted by molar-refractivity contribution is -0.385. The molecule has 0 radical (unpaired) electrons. The van der Waals surface area contributed by atoms with E-state index >= 15 is 0 Å². The van der Waals surface area contributed by atoms with Crippen LogP contribution in [0.4, 0.5) is 11.5 Å². The highest BCUT2D eigenvalue weighted by Gasteiger charge is 2.12. The molecule has 0 spiro atoms. The molecular formula is C13H14N4O2. The Morgan fingerprint density at radius 2 is 2.21 bits per heavy atom. The van der Waals surface area contributed by atoms with Gasteiger partial charge in [0.15, 0.2) is 0 Å². The molecule has 0 amide bonds. The van der Waals surface area contributed by atoms with Crippen molar-refractivity contribution in [2.45, 2.75) is 19.9 Å². The van der Waals surface area contributed by atoms with Crippen molar-refractivity contribution in [3.63, 3.8) is 0 Å². The highest BCUT2D eigenvalue weighted by Crippen LogP contribution is 2.22. The van der Waals surface area contributed by atoms with E-state index in [9.17, 15) is 10.1 Å². The first-order valence-corrected chi connectivity index (χ1v) is 5.85. The molecule has 19 heavy (non-hydrogen) atoms. The summed E-state index contributed by atoms with van der Waals surface area (Å²) in [7, 11) is 0. The number of anilines is 1. The second-order valence-corrected chi connectivity index (χ2v) is 4.27. The third-order valence-electron chi connectivity index (χ3n) is 2.81. The van der Waals surface area contributed by atoms with Crippen LogP contribution in [-0.4, -0.2) is 14.9 Å². The van der Waals surface area contributed by atoms with Crippen molar-refractivity contribution in [2.24, 2.45) is 0 Å². The molecule has 0 aliphatic heterocycles. The number of nitro groups is 1. The number of aromatic nitrogens is 2. The molecule has 0 aliphatic carbocycles. The second-order valence-electron chi connectivity index (χ2n) is 4.27. The lowest BCUT2D eigenvalue weighted by Crippen LogP contribution is -2.09. The Morgan fingerprint density at radius 1 is 1.42 bits per heavy atom. The predicted molar refractivity (Wildman–Crippen MR) is 71.9 cm³/mol. The number of aryl methyl sites for hydroxylation is 1. The second kappa shape index (κ2) is 5.43. The predicted octanol–water partition coefficient (Wildman–Crippen LogP) is 2.87. The summed E-state index contributed by atoms with van der Waals surface area (Å²) in [6, 6.07) is 5.36. The molecule has 1 atom stereocenters. The van der Waals surface area contributed by atoms with Gasteiger partial charge in [-0.25, -0.2) is 4.98 Å². The van der Waals surface area contributed by atoms with E-state index in [1.165, 1.54) is 12.3 Å². The lowest BCUT2D eigenvalue weighted by Gasteiger charge is -2.15. The van der Waals surface area contributed by atoms with Crippen molar-refractivity contribution >= 4 is 11.5 Å². The topological polar surface area (TPSA) is 81.0 Å². The molecule has 1 N–H and O–H groups in total. The minimum atomic E-state index is -0.450. The average molecular weight is 258 g/mol.